The number of aromatic amines is 1. The molecule has 0 saturated carbocycles. The number of ether oxygens (including phenoxy) is 1. The average molecular weight is 315 g/mol. The van der Waals surface area contributed by atoms with Crippen molar-refractivity contribution in [1.82, 2.24) is 29.9 Å². The largest absolute Gasteiger partial charge is 0.367 e. The van der Waals surface area contributed by atoms with Crippen molar-refractivity contribution in [3.63, 3.8) is 0 Å². The molecule has 23 heavy (non-hydrogen) atoms. The molecule has 3 rings (SSSR count). The number of morpholine rings is 1. The maximum absolute atomic E-state index is 8.82. The van der Waals surface area contributed by atoms with E-state index in [-0.39, 0.29) is 6.10 Å². The van der Waals surface area contributed by atoms with E-state index in [2.05, 4.69) is 38.2 Å². The molecule has 1 fully saturated rings. The Bertz CT molecular complexity index is 671. The average Bonchev–Trinajstić information content (AvgIpc) is 3.23. The third-order valence-corrected chi connectivity index (χ3v) is 3.88. The van der Waals surface area contributed by atoms with Crippen molar-refractivity contribution in [2.75, 3.05) is 26.2 Å². The Hall–Kier alpha value is -2.24. The molecular formula is C15H21N7O. The summed E-state index contributed by atoms with van der Waals surface area (Å²) in [5, 5.41) is 20.3. The summed E-state index contributed by atoms with van der Waals surface area (Å²) in [6.45, 7) is 6.06. The highest BCUT2D eigenvalue weighted by molar-refractivity contribution is 5.21. The third kappa shape index (κ3) is 3.94. The van der Waals surface area contributed by atoms with Crippen molar-refractivity contribution in [1.29, 1.82) is 5.26 Å². The highest BCUT2D eigenvalue weighted by Crippen LogP contribution is 2.19. The maximum atomic E-state index is 8.82. The van der Waals surface area contributed by atoms with E-state index in [0.717, 1.165) is 50.7 Å². The van der Waals surface area contributed by atoms with Crippen LogP contribution in [0.1, 0.15) is 36.7 Å². The number of aryl methyl sites for hydroxylation is 1. The fourth-order valence-corrected chi connectivity index (χ4v) is 2.65. The first-order valence-corrected chi connectivity index (χ1v) is 7.96. The van der Waals surface area contributed by atoms with Crippen LogP contribution in [0, 0.1) is 11.3 Å². The van der Waals surface area contributed by atoms with Crippen LogP contribution in [0.25, 0.3) is 0 Å². The lowest BCUT2D eigenvalue weighted by Gasteiger charge is -2.31. The molecule has 1 aliphatic rings. The van der Waals surface area contributed by atoms with Crippen LogP contribution >= 0.6 is 0 Å². The van der Waals surface area contributed by atoms with Crippen molar-refractivity contribution >= 4 is 0 Å². The van der Waals surface area contributed by atoms with Gasteiger partial charge in [0.2, 0.25) is 0 Å². The first kappa shape index (κ1) is 15.6. The highest BCUT2D eigenvalue weighted by atomic mass is 16.5. The van der Waals surface area contributed by atoms with Crippen molar-refractivity contribution in [3.8, 4) is 6.07 Å². The Morgan fingerprint density at radius 1 is 1.48 bits per heavy atom. The zero-order valence-electron chi connectivity index (χ0n) is 13.3. The Morgan fingerprint density at radius 2 is 2.39 bits per heavy atom. The molecule has 0 unspecified atom stereocenters. The molecule has 2 aromatic rings. The van der Waals surface area contributed by atoms with Gasteiger partial charge in [-0.3, -0.25) is 14.7 Å². The molecule has 0 amide bonds. The van der Waals surface area contributed by atoms with Gasteiger partial charge in [-0.2, -0.15) is 15.5 Å². The van der Waals surface area contributed by atoms with E-state index in [0.29, 0.717) is 12.2 Å². The van der Waals surface area contributed by atoms with Crippen molar-refractivity contribution < 1.29 is 4.74 Å². The zero-order valence-corrected chi connectivity index (χ0v) is 13.3. The Balaban J connectivity index is 1.54. The summed E-state index contributed by atoms with van der Waals surface area (Å²) >= 11 is 0. The first-order valence-electron chi connectivity index (χ1n) is 7.96. The second-order valence-corrected chi connectivity index (χ2v) is 5.65. The molecule has 0 aromatic carbocycles. The van der Waals surface area contributed by atoms with Crippen LogP contribution in [0.3, 0.4) is 0 Å². The number of nitrogens with zero attached hydrogens (tertiary/aromatic N) is 6. The van der Waals surface area contributed by atoms with Crippen molar-refractivity contribution in [3.05, 3.63) is 29.6 Å². The van der Waals surface area contributed by atoms with E-state index in [1.54, 1.807) is 17.1 Å². The van der Waals surface area contributed by atoms with Crippen molar-refractivity contribution in [2.24, 2.45) is 0 Å². The van der Waals surface area contributed by atoms with Gasteiger partial charge in [0.1, 0.15) is 18.0 Å². The van der Waals surface area contributed by atoms with Gasteiger partial charge in [-0.15, -0.1) is 0 Å². The minimum absolute atomic E-state index is 0.0853. The molecule has 1 N–H and O–H groups in total. The molecule has 0 bridgehead atoms. The first-order chi connectivity index (χ1) is 11.3. The molecule has 1 aliphatic heterocycles. The number of nitriles is 1. The lowest BCUT2D eigenvalue weighted by molar-refractivity contribution is -0.0352. The van der Waals surface area contributed by atoms with Gasteiger partial charge in [0.25, 0.3) is 0 Å². The number of H-pyrrole nitrogens is 1. The summed E-state index contributed by atoms with van der Waals surface area (Å²) in [6, 6.07) is 2.09. The Morgan fingerprint density at radius 3 is 3.17 bits per heavy atom. The molecule has 8 heteroatoms. The summed E-state index contributed by atoms with van der Waals surface area (Å²) in [5.74, 6) is 1.66. The van der Waals surface area contributed by atoms with E-state index < -0.39 is 0 Å². The summed E-state index contributed by atoms with van der Waals surface area (Å²) in [7, 11) is 0. The maximum Gasteiger partial charge on any atom is 0.180 e. The molecule has 8 nitrogen and oxygen atoms in total. The number of aromatic nitrogens is 5. The molecule has 0 aliphatic carbocycles. The molecular weight excluding hydrogens is 294 g/mol. The van der Waals surface area contributed by atoms with E-state index >= 15 is 0 Å². The quantitative estimate of drug-likeness (QED) is 0.851. The van der Waals surface area contributed by atoms with Gasteiger partial charge < -0.3 is 4.74 Å². The smallest absolute Gasteiger partial charge is 0.180 e. The second-order valence-electron chi connectivity index (χ2n) is 5.65. The Kier molecular flexibility index (Phi) is 5.00. The second kappa shape index (κ2) is 7.35. The highest BCUT2D eigenvalue weighted by Gasteiger charge is 2.25. The van der Waals surface area contributed by atoms with Crippen LogP contribution in [0.5, 0.6) is 0 Å². The summed E-state index contributed by atoms with van der Waals surface area (Å²) in [4.78, 5) is 6.84. The van der Waals surface area contributed by atoms with E-state index in [1.165, 1.54) is 0 Å². The van der Waals surface area contributed by atoms with E-state index in [9.17, 15) is 0 Å². The van der Waals surface area contributed by atoms with Crippen LogP contribution in [-0.4, -0.2) is 56.1 Å². The fraction of sp³-hybridized carbons (Fsp3) is 0.600. The molecule has 2 aromatic heterocycles. The van der Waals surface area contributed by atoms with Gasteiger partial charge in [-0.1, -0.05) is 6.92 Å². The van der Waals surface area contributed by atoms with Crippen LogP contribution in [-0.2, 0) is 17.7 Å². The summed E-state index contributed by atoms with van der Waals surface area (Å²) in [6.07, 6.45) is 5.22. The monoisotopic (exact) mass is 315 g/mol. The molecule has 0 spiro atoms. The van der Waals surface area contributed by atoms with E-state index in [4.69, 9.17) is 10.00 Å². The SMILES string of the molecule is CCCc1nc([C@H]2CN(CCn3cc(C#N)cn3)CCO2)n[nH]1. The molecule has 122 valence electrons. The van der Waals surface area contributed by atoms with Crippen LogP contribution in [0.4, 0.5) is 0 Å². The molecule has 0 radical (unpaired) electrons. The van der Waals surface area contributed by atoms with Crippen molar-refractivity contribution in [2.45, 2.75) is 32.4 Å². The number of hydrogen-bond donors (Lipinski definition) is 1. The van der Waals surface area contributed by atoms with Gasteiger partial charge in [0, 0.05) is 32.3 Å². The summed E-state index contributed by atoms with van der Waals surface area (Å²) < 4.78 is 7.61. The number of hydrogen-bond acceptors (Lipinski definition) is 6. The lowest BCUT2D eigenvalue weighted by Crippen LogP contribution is -2.40. The van der Waals surface area contributed by atoms with Gasteiger partial charge in [-0.25, -0.2) is 4.98 Å². The third-order valence-electron chi connectivity index (χ3n) is 3.88. The minimum Gasteiger partial charge on any atom is -0.367 e. The standard InChI is InChI=1S/C15H21N7O/c1-2-3-14-18-15(20-19-14)13-11-21(6-7-23-13)4-5-22-10-12(8-16)9-17-22/h9-10,13H,2-7,11H2,1H3,(H,18,19,20)/t13-/m1/s1. The van der Waals surface area contributed by atoms with E-state index in [1.807, 2.05) is 0 Å². The van der Waals surface area contributed by atoms with Crippen LogP contribution in [0.2, 0.25) is 0 Å². The Labute approximate surface area is 135 Å². The summed E-state index contributed by atoms with van der Waals surface area (Å²) in [5.41, 5.74) is 0.592. The van der Waals surface area contributed by atoms with Gasteiger partial charge in [0.15, 0.2) is 5.82 Å². The lowest BCUT2D eigenvalue weighted by atomic mass is 10.2. The van der Waals surface area contributed by atoms with Gasteiger partial charge in [0.05, 0.1) is 24.9 Å². The predicted octanol–water partition coefficient (Wildman–Crippen LogP) is 0.899. The van der Waals surface area contributed by atoms with Gasteiger partial charge >= 0.3 is 0 Å². The van der Waals surface area contributed by atoms with Gasteiger partial charge in [-0.05, 0) is 6.42 Å². The van der Waals surface area contributed by atoms with Crippen LogP contribution < -0.4 is 0 Å². The minimum atomic E-state index is -0.0853. The van der Waals surface area contributed by atoms with Crippen LogP contribution in [0.15, 0.2) is 12.4 Å². The number of rotatable bonds is 6. The predicted molar refractivity (Wildman–Crippen MR) is 82.5 cm³/mol. The number of nitrogens with one attached hydrogen (secondary N) is 1. The molecule has 1 saturated heterocycles. The zero-order chi connectivity index (χ0) is 16.1. The molecule has 1 atom stereocenters. The molecule has 3 heterocycles. The normalized spacial score (nSPS) is 18.9. The fourth-order valence-electron chi connectivity index (χ4n) is 2.65. The topological polar surface area (TPSA) is 95.7 Å².